The average molecular weight is 214 g/mol. The van der Waals surface area contributed by atoms with Gasteiger partial charge in [0.25, 0.3) is 0 Å². The number of aryl methyl sites for hydroxylation is 1. The normalized spacial score (nSPS) is 10.4. The van der Waals surface area contributed by atoms with E-state index in [4.69, 9.17) is 0 Å². The highest BCUT2D eigenvalue weighted by atomic mass is 19.1. The molecule has 0 amide bonds. The predicted molar refractivity (Wildman–Crippen MR) is 66.2 cm³/mol. The Kier molecular flexibility index (Phi) is 3.04. The van der Waals surface area contributed by atoms with Crippen molar-refractivity contribution in [3.63, 3.8) is 0 Å². The molecule has 0 heterocycles. The third-order valence-electron chi connectivity index (χ3n) is 2.92. The quantitative estimate of drug-likeness (QED) is 0.693. The summed E-state index contributed by atoms with van der Waals surface area (Å²) in [6.45, 7) is 3.65. The van der Waals surface area contributed by atoms with E-state index in [9.17, 15) is 4.39 Å². The second-order valence-corrected chi connectivity index (χ2v) is 4.09. The second-order valence-electron chi connectivity index (χ2n) is 4.09. The first-order chi connectivity index (χ1) is 7.72. The molecule has 0 radical (unpaired) electrons. The van der Waals surface area contributed by atoms with Gasteiger partial charge in [0.05, 0.1) is 0 Å². The molecule has 0 N–H and O–H groups in total. The third-order valence-corrected chi connectivity index (χ3v) is 2.92. The molecule has 0 nitrogen and oxygen atoms in total. The molecule has 16 heavy (non-hydrogen) atoms. The molecule has 2 aromatic rings. The SMILES string of the molecule is Cc1cccc(-c2cccc(CF)c2C)c1. The number of rotatable bonds is 2. The van der Waals surface area contributed by atoms with Crippen molar-refractivity contribution < 1.29 is 4.39 Å². The van der Waals surface area contributed by atoms with Crippen molar-refractivity contribution in [3.05, 3.63) is 59.2 Å². The lowest BCUT2D eigenvalue weighted by atomic mass is 9.96. The first-order valence-electron chi connectivity index (χ1n) is 5.44. The summed E-state index contributed by atoms with van der Waals surface area (Å²) < 4.78 is 12.8. The van der Waals surface area contributed by atoms with Gasteiger partial charge in [-0.15, -0.1) is 0 Å². The molecule has 0 atom stereocenters. The fraction of sp³-hybridized carbons (Fsp3) is 0.200. The molecule has 0 aliphatic carbocycles. The minimum Gasteiger partial charge on any atom is -0.246 e. The van der Waals surface area contributed by atoms with Crippen LogP contribution < -0.4 is 0 Å². The van der Waals surface area contributed by atoms with E-state index in [0.717, 1.165) is 22.3 Å². The van der Waals surface area contributed by atoms with Crippen molar-refractivity contribution in [2.75, 3.05) is 0 Å². The van der Waals surface area contributed by atoms with E-state index in [-0.39, 0.29) is 0 Å². The molecule has 1 heteroatoms. The topological polar surface area (TPSA) is 0 Å². The summed E-state index contributed by atoms with van der Waals surface area (Å²) in [5.41, 5.74) is 5.32. The third kappa shape index (κ3) is 1.99. The van der Waals surface area contributed by atoms with Gasteiger partial charge in [-0.25, -0.2) is 4.39 Å². The van der Waals surface area contributed by atoms with Crippen molar-refractivity contribution in [3.8, 4) is 11.1 Å². The van der Waals surface area contributed by atoms with E-state index in [0.29, 0.717) is 0 Å². The summed E-state index contributed by atoms with van der Waals surface area (Å²) in [7, 11) is 0. The van der Waals surface area contributed by atoms with Gasteiger partial charge < -0.3 is 0 Å². The molecule has 0 aliphatic heterocycles. The minimum absolute atomic E-state index is 0.397. The van der Waals surface area contributed by atoms with Crippen LogP contribution in [-0.4, -0.2) is 0 Å². The smallest absolute Gasteiger partial charge is 0.115 e. The van der Waals surface area contributed by atoms with E-state index in [2.05, 4.69) is 25.1 Å². The van der Waals surface area contributed by atoms with Gasteiger partial charge in [-0.3, -0.25) is 0 Å². The maximum atomic E-state index is 12.8. The summed E-state index contributed by atoms with van der Waals surface area (Å²) >= 11 is 0. The number of benzene rings is 2. The molecule has 0 aliphatic rings. The molecule has 2 rings (SSSR count). The fourth-order valence-corrected chi connectivity index (χ4v) is 1.95. The zero-order chi connectivity index (χ0) is 11.5. The van der Waals surface area contributed by atoms with E-state index >= 15 is 0 Å². The first kappa shape index (κ1) is 10.9. The van der Waals surface area contributed by atoms with Crippen molar-refractivity contribution in [1.82, 2.24) is 0 Å². The Morgan fingerprint density at radius 1 is 1.00 bits per heavy atom. The highest BCUT2D eigenvalue weighted by molar-refractivity contribution is 5.68. The summed E-state index contributed by atoms with van der Waals surface area (Å²) in [6, 6.07) is 14.1. The lowest BCUT2D eigenvalue weighted by Gasteiger charge is -2.09. The number of halogens is 1. The summed E-state index contributed by atoms with van der Waals surface area (Å²) in [5.74, 6) is 0. The van der Waals surface area contributed by atoms with Crippen LogP contribution in [-0.2, 0) is 6.67 Å². The van der Waals surface area contributed by atoms with Crippen LogP contribution >= 0.6 is 0 Å². The Labute approximate surface area is 95.7 Å². The maximum absolute atomic E-state index is 12.8. The zero-order valence-corrected chi connectivity index (χ0v) is 9.63. The van der Waals surface area contributed by atoms with Gasteiger partial charge >= 0.3 is 0 Å². The monoisotopic (exact) mass is 214 g/mol. The van der Waals surface area contributed by atoms with E-state index < -0.39 is 6.67 Å². The van der Waals surface area contributed by atoms with Crippen LogP contribution in [0.1, 0.15) is 16.7 Å². The van der Waals surface area contributed by atoms with Gasteiger partial charge in [-0.1, -0.05) is 48.0 Å². The summed E-state index contributed by atoms with van der Waals surface area (Å²) in [5, 5.41) is 0. The Morgan fingerprint density at radius 2 is 1.75 bits per heavy atom. The molecule has 0 unspecified atom stereocenters. The molecule has 0 spiro atoms. The Hall–Kier alpha value is -1.63. The van der Waals surface area contributed by atoms with Crippen LogP contribution in [0.4, 0.5) is 4.39 Å². The maximum Gasteiger partial charge on any atom is 0.115 e. The molecule has 0 saturated heterocycles. The van der Waals surface area contributed by atoms with Crippen molar-refractivity contribution in [2.45, 2.75) is 20.5 Å². The summed E-state index contributed by atoms with van der Waals surface area (Å²) in [6.07, 6.45) is 0. The van der Waals surface area contributed by atoms with E-state index in [1.807, 2.05) is 31.2 Å². The van der Waals surface area contributed by atoms with Crippen LogP contribution in [0.3, 0.4) is 0 Å². The van der Waals surface area contributed by atoms with Gasteiger partial charge in [-0.05, 0) is 36.1 Å². The van der Waals surface area contributed by atoms with Gasteiger partial charge in [0.15, 0.2) is 0 Å². The fourth-order valence-electron chi connectivity index (χ4n) is 1.95. The van der Waals surface area contributed by atoms with Crippen LogP contribution in [0.15, 0.2) is 42.5 Å². The van der Waals surface area contributed by atoms with Crippen molar-refractivity contribution in [1.29, 1.82) is 0 Å². The molecule has 0 aromatic heterocycles. The van der Waals surface area contributed by atoms with Crippen LogP contribution in [0.2, 0.25) is 0 Å². The van der Waals surface area contributed by atoms with Crippen molar-refractivity contribution in [2.24, 2.45) is 0 Å². The minimum atomic E-state index is -0.397. The number of hydrogen-bond acceptors (Lipinski definition) is 0. The molecule has 2 aromatic carbocycles. The lowest BCUT2D eigenvalue weighted by molar-refractivity contribution is 0.484. The highest BCUT2D eigenvalue weighted by Crippen LogP contribution is 2.26. The highest BCUT2D eigenvalue weighted by Gasteiger charge is 2.05. The van der Waals surface area contributed by atoms with E-state index in [1.54, 1.807) is 0 Å². The molecule has 0 fully saturated rings. The molecular weight excluding hydrogens is 199 g/mol. The summed E-state index contributed by atoms with van der Waals surface area (Å²) in [4.78, 5) is 0. The molecule has 0 bridgehead atoms. The van der Waals surface area contributed by atoms with Gasteiger partial charge in [0.1, 0.15) is 6.67 Å². The van der Waals surface area contributed by atoms with Crippen molar-refractivity contribution >= 4 is 0 Å². The van der Waals surface area contributed by atoms with Gasteiger partial charge in [0, 0.05) is 0 Å². The molecular formula is C15H15F. The Bertz CT molecular complexity index is 501. The molecule has 82 valence electrons. The van der Waals surface area contributed by atoms with Crippen LogP contribution in [0, 0.1) is 13.8 Å². The Morgan fingerprint density at radius 3 is 2.44 bits per heavy atom. The first-order valence-corrected chi connectivity index (χ1v) is 5.44. The second kappa shape index (κ2) is 4.48. The largest absolute Gasteiger partial charge is 0.246 e. The molecule has 0 saturated carbocycles. The number of alkyl halides is 1. The Balaban J connectivity index is 2.56. The van der Waals surface area contributed by atoms with Gasteiger partial charge in [0.2, 0.25) is 0 Å². The van der Waals surface area contributed by atoms with Gasteiger partial charge in [-0.2, -0.15) is 0 Å². The standard InChI is InChI=1S/C15H15F/c1-11-5-3-6-13(9-11)15-8-4-7-14(10-16)12(15)2/h3-9H,10H2,1-2H3. The lowest BCUT2D eigenvalue weighted by Crippen LogP contribution is -1.90. The average Bonchev–Trinajstić information content (AvgIpc) is 2.29. The predicted octanol–water partition coefficient (Wildman–Crippen LogP) is 4.44. The van der Waals surface area contributed by atoms with E-state index in [1.165, 1.54) is 5.56 Å². The van der Waals surface area contributed by atoms with Crippen LogP contribution in [0.25, 0.3) is 11.1 Å². The van der Waals surface area contributed by atoms with Crippen LogP contribution in [0.5, 0.6) is 0 Å². The zero-order valence-electron chi connectivity index (χ0n) is 9.63. The number of hydrogen-bond donors (Lipinski definition) is 0.